The molecule has 1 atom stereocenters. The molecular weight excluding hydrogens is 282 g/mol. The molecule has 0 fully saturated rings. The summed E-state index contributed by atoms with van der Waals surface area (Å²) in [6.07, 6.45) is 1.92. The van der Waals surface area contributed by atoms with Gasteiger partial charge in [-0.05, 0) is 36.8 Å². The van der Waals surface area contributed by atoms with Crippen LogP contribution in [0.15, 0.2) is 12.1 Å². The number of hydrogen-bond donors (Lipinski definition) is 1. The maximum absolute atomic E-state index is 6.25. The molecule has 19 heavy (non-hydrogen) atoms. The Morgan fingerprint density at radius 3 is 2.95 bits per heavy atom. The minimum Gasteiger partial charge on any atom is -0.489 e. The summed E-state index contributed by atoms with van der Waals surface area (Å²) in [5.41, 5.74) is 6.90. The van der Waals surface area contributed by atoms with Gasteiger partial charge in [-0.15, -0.1) is 0 Å². The second-order valence-corrected chi connectivity index (χ2v) is 6.29. The standard InChI is InChI=1S/C14H20ClNO2S/c1-10(16)3-6-19-9-11-7-12(15)14-13(8-11)17-4-2-5-18-14/h7-8,10H,2-6,9,16H2,1H3. The van der Waals surface area contributed by atoms with Crippen LogP contribution < -0.4 is 15.2 Å². The van der Waals surface area contributed by atoms with Crippen molar-refractivity contribution in [2.75, 3.05) is 19.0 Å². The van der Waals surface area contributed by atoms with Gasteiger partial charge in [0.1, 0.15) is 0 Å². The highest BCUT2D eigenvalue weighted by Gasteiger charge is 2.15. The molecule has 0 radical (unpaired) electrons. The average Bonchev–Trinajstić information content (AvgIpc) is 2.60. The van der Waals surface area contributed by atoms with E-state index < -0.39 is 0 Å². The topological polar surface area (TPSA) is 44.5 Å². The van der Waals surface area contributed by atoms with E-state index in [0.717, 1.165) is 30.1 Å². The van der Waals surface area contributed by atoms with Crippen LogP contribution >= 0.6 is 23.4 Å². The SMILES string of the molecule is CC(N)CCSCc1cc(Cl)c2c(c1)OCCCO2. The van der Waals surface area contributed by atoms with Crippen LogP contribution in [0.5, 0.6) is 11.5 Å². The van der Waals surface area contributed by atoms with Crippen molar-refractivity contribution in [1.29, 1.82) is 0 Å². The third kappa shape index (κ3) is 4.48. The first-order valence-electron chi connectivity index (χ1n) is 6.58. The highest BCUT2D eigenvalue weighted by Crippen LogP contribution is 2.38. The zero-order valence-electron chi connectivity index (χ0n) is 11.2. The molecule has 1 aromatic rings. The predicted octanol–water partition coefficient (Wildman–Crippen LogP) is 3.47. The second-order valence-electron chi connectivity index (χ2n) is 4.77. The van der Waals surface area contributed by atoms with Crippen LogP contribution in [-0.4, -0.2) is 25.0 Å². The molecular formula is C14H20ClNO2S. The Morgan fingerprint density at radius 1 is 1.37 bits per heavy atom. The molecule has 0 aliphatic carbocycles. The summed E-state index contributed by atoms with van der Waals surface area (Å²) in [6, 6.07) is 4.26. The van der Waals surface area contributed by atoms with Crippen LogP contribution in [0.1, 0.15) is 25.3 Å². The van der Waals surface area contributed by atoms with Gasteiger partial charge in [-0.2, -0.15) is 11.8 Å². The Labute approximate surface area is 123 Å². The number of hydrogen-bond acceptors (Lipinski definition) is 4. The van der Waals surface area contributed by atoms with Crippen molar-refractivity contribution in [3.63, 3.8) is 0 Å². The van der Waals surface area contributed by atoms with Gasteiger partial charge in [0.05, 0.1) is 18.2 Å². The van der Waals surface area contributed by atoms with Crippen LogP contribution in [-0.2, 0) is 5.75 Å². The minimum atomic E-state index is 0.264. The fourth-order valence-electron chi connectivity index (χ4n) is 1.83. The highest BCUT2D eigenvalue weighted by atomic mass is 35.5. The van der Waals surface area contributed by atoms with Crippen LogP contribution in [0, 0.1) is 0 Å². The van der Waals surface area contributed by atoms with Crippen molar-refractivity contribution >= 4 is 23.4 Å². The molecule has 1 unspecified atom stereocenters. The summed E-state index contributed by atoms with van der Waals surface area (Å²) in [5.74, 6) is 3.43. The molecule has 0 amide bonds. The van der Waals surface area contributed by atoms with Gasteiger partial charge in [-0.25, -0.2) is 0 Å². The first-order valence-corrected chi connectivity index (χ1v) is 8.11. The molecule has 1 aliphatic heterocycles. The monoisotopic (exact) mass is 301 g/mol. The summed E-state index contributed by atoms with van der Waals surface area (Å²) >= 11 is 8.11. The lowest BCUT2D eigenvalue weighted by molar-refractivity contribution is 0.297. The van der Waals surface area contributed by atoms with Gasteiger partial charge < -0.3 is 15.2 Å². The first-order chi connectivity index (χ1) is 9.16. The van der Waals surface area contributed by atoms with E-state index in [1.165, 1.54) is 5.56 Å². The molecule has 5 heteroatoms. The number of thioether (sulfide) groups is 1. The van der Waals surface area contributed by atoms with Gasteiger partial charge in [-0.1, -0.05) is 11.6 Å². The van der Waals surface area contributed by atoms with Crippen LogP contribution in [0.2, 0.25) is 5.02 Å². The summed E-state index contributed by atoms with van der Waals surface area (Å²) in [6.45, 7) is 3.38. The largest absolute Gasteiger partial charge is 0.489 e. The van der Waals surface area contributed by atoms with E-state index in [9.17, 15) is 0 Å². The number of ether oxygens (including phenoxy) is 2. The normalized spacial score (nSPS) is 15.9. The molecule has 0 bridgehead atoms. The van der Waals surface area contributed by atoms with Gasteiger partial charge in [0.25, 0.3) is 0 Å². The van der Waals surface area contributed by atoms with E-state index in [0.29, 0.717) is 24.0 Å². The van der Waals surface area contributed by atoms with Crippen molar-refractivity contribution in [2.45, 2.75) is 31.6 Å². The zero-order chi connectivity index (χ0) is 13.7. The molecule has 106 valence electrons. The van der Waals surface area contributed by atoms with Gasteiger partial charge >= 0.3 is 0 Å². The quantitative estimate of drug-likeness (QED) is 0.846. The fraction of sp³-hybridized carbons (Fsp3) is 0.571. The molecule has 3 nitrogen and oxygen atoms in total. The Kier molecular flexibility index (Phi) is 5.67. The lowest BCUT2D eigenvalue weighted by Gasteiger charge is -2.11. The number of rotatable bonds is 5. The van der Waals surface area contributed by atoms with Crippen molar-refractivity contribution in [2.24, 2.45) is 5.73 Å². The van der Waals surface area contributed by atoms with Crippen molar-refractivity contribution < 1.29 is 9.47 Å². The molecule has 1 aliphatic rings. The lowest BCUT2D eigenvalue weighted by Crippen LogP contribution is -2.15. The Morgan fingerprint density at radius 2 is 2.16 bits per heavy atom. The Bertz CT molecular complexity index is 426. The number of nitrogens with two attached hydrogens (primary N) is 1. The van der Waals surface area contributed by atoms with Crippen LogP contribution in [0.3, 0.4) is 0 Å². The minimum absolute atomic E-state index is 0.264. The number of halogens is 1. The molecule has 0 saturated carbocycles. The molecule has 0 aromatic heterocycles. The third-order valence-electron chi connectivity index (χ3n) is 2.85. The van der Waals surface area contributed by atoms with E-state index in [4.69, 9.17) is 26.8 Å². The van der Waals surface area contributed by atoms with E-state index in [1.807, 2.05) is 30.8 Å². The summed E-state index contributed by atoms with van der Waals surface area (Å²) in [5, 5.41) is 0.641. The third-order valence-corrected chi connectivity index (χ3v) is 4.19. The fourth-order valence-corrected chi connectivity index (χ4v) is 3.20. The lowest BCUT2D eigenvalue weighted by atomic mass is 10.2. The first kappa shape index (κ1) is 14.8. The Balaban J connectivity index is 1.98. The smallest absolute Gasteiger partial charge is 0.179 e. The number of fused-ring (bicyclic) bond motifs is 1. The molecule has 1 aromatic carbocycles. The van der Waals surface area contributed by atoms with Crippen molar-refractivity contribution in [1.82, 2.24) is 0 Å². The summed E-state index contributed by atoms with van der Waals surface area (Å²) in [4.78, 5) is 0. The predicted molar refractivity (Wildman–Crippen MR) is 81.5 cm³/mol. The second kappa shape index (κ2) is 7.27. The van der Waals surface area contributed by atoms with Gasteiger partial charge in [0.2, 0.25) is 0 Å². The van der Waals surface area contributed by atoms with E-state index in [1.54, 1.807) is 0 Å². The maximum Gasteiger partial charge on any atom is 0.179 e. The molecule has 0 saturated heterocycles. The zero-order valence-corrected chi connectivity index (χ0v) is 12.7. The van der Waals surface area contributed by atoms with Crippen LogP contribution in [0.4, 0.5) is 0 Å². The van der Waals surface area contributed by atoms with E-state index in [-0.39, 0.29) is 6.04 Å². The van der Waals surface area contributed by atoms with Crippen molar-refractivity contribution in [3.05, 3.63) is 22.7 Å². The average molecular weight is 302 g/mol. The van der Waals surface area contributed by atoms with Crippen molar-refractivity contribution in [3.8, 4) is 11.5 Å². The van der Waals surface area contributed by atoms with Gasteiger partial charge in [0.15, 0.2) is 11.5 Å². The summed E-state index contributed by atoms with van der Waals surface area (Å²) in [7, 11) is 0. The van der Waals surface area contributed by atoms with Crippen LogP contribution in [0.25, 0.3) is 0 Å². The summed E-state index contributed by atoms with van der Waals surface area (Å²) < 4.78 is 11.3. The van der Waals surface area contributed by atoms with E-state index >= 15 is 0 Å². The molecule has 0 spiro atoms. The van der Waals surface area contributed by atoms with Gasteiger partial charge in [0, 0.05) is 18.2 Å². The van der Waals surface area contributed by atoms with E-state index in [2.05, 4.69) is 0 Å². The maximum atomic E-state index is 6.25. The molecule has 1 heterocycles. The highest BCUT2D eigenvalue weighted by molar-refractivity contribution is 7.98. The number of benzene rings is 1. The van der Waals surface area contributed by atoms with Gasteiger partial charge in [-0.3, -0.25) is 0 Å². The Hall–Kier alpha value is -0.580. The molecule has 2 N–H and O–H groups in total. The molecule has 2 rings (SSSR count).